The maximum Gasteiger partial charge on any atom is 2.00 e. The molecule has 6 nitrogen and oxygen atoms in total. The van der Waals surface area contributed by atoms with Crippen LogP contribution in [-0.4, -0.2) is 62.3 Å². The number of benzene rings is 3. The van der Waals surface area contributed by atoms with Crippen molar-refractivity contribution in [3.05, 3.63) is 93.0 Å². The molecule has 5 rings (SSSR count). The van der Waals surface area contributed by atoms with E-state index in [1.54, 1.807) is 26.4 Å². The fraction of sp³-hybridized carbons (Fsp3) is 0.231. The SMILES string of the molecule is COc1ccc([C@@H]2COC(c3cc(Cl)c(Cl)cc3C3=[NH+][C@H](c4ccc(OC)cc4)CO3)=[NH+]2)cc1.[I-].[I-].[Mg+2]. The average molecular weight is 778 g/mol. The number of hydrogen-bond acceptors (Lipinski definition) is 4. The van der Waals surface area contributed by atoms with E-state index >= 15 is 0 Å². The van der Waals surface area contributed by atoms with Crippen LogP contribution in [0.3, 0.4) is 0 Å². The summed E-state index contributed by atoms with van der Waals surface area (Å²) >= 11 is 12.8. The molecule has 2 aliphatic heterocycles. The Morgan fingerprint density at radius 2 is 1.03 bits per heavy atom. The summed E-state index contributed by atoms with van der Waals surface area (Å²) in [5.41, 5.74) is 3.76. The van der Waals surface area contributed by atoms with Gasteiger partial charge in [0.1, 0.15) is 22.6 Å². The second-order valence-electron chi connectivity index (χ2n) is 8.03. The zero-order chi connectivity index (χ0) is 23.7. The van der Waals surface area contributed by atoms with Gasteiger partial charge >= 0.3 is 34.8 Å². The van der Waals surface area contributed by atoms with Gasteiger partial charge in [-0.25, -0.2) is 0 Å². The van der Waals surface area contributed by atoms with E-state index in [1.807, 2.05) is 48.5 Å². The molecule has 0 spiro atoms. The van der Waals surface area contributed by atoms with E-state index in [9.17, 15) is 0 Å². The van der Waals surface area contributed by atoms with Gasteiger partial charge in [-0.1, -0.05) is 23.2 Å². The van der Waals surface area contributed by atoms with Gasteiger partial charge in [0, 0.05) is 11.1 Å². The normalized spacial score (nSPS) is 17.6. The van der Waals surface area contributed by atoms with Crippen LogP contribution in [0.1, 0.15) is 34.3 Å². The molecule has 2 heterocycles. The van der Waals surface area contributed by atoms with E-state index in [1.165, 1.54) is 0 Å². The third-order valence-corrected chi connectivity index (χ3v) is 6.71. The first-order valence-electron chi connectivity index (χ1n) is 10.9. The molecule has 0 aromatic heterocycles. The largest absolute Gasteiger partial charge is 2.00 e. The molecule has 2 N–H and O–H groups in total. The fourth-order valence-corrected chi connectivity index (χ4v) is 4.41. The van der Waals surface area contributed by atoms with Gasteiger partial charge in [-0.05, 0) is 60.7 Å². The third-order valence-electron chi connectivity index (χ3n) is 5.99. The van der Waals surface area contributed by atoms with E-state index in [2.05, 4.69) is 9.98 Å². The fourth-order valence-electron chi connectivity index (χ4n) is 4.08. The molecule has 11 heteroatoms. The van der Waals surface area contributed by atoms with Crippen LogP contribution in [0.2, 0.25) is 10.0 Å². The molecule has 0 unspecified atom stereocenters. The quantitative estimate of drug-likeness (QED) is 0.198. The summed E-state index contributed by atoms with van der Waals surface area (Å²) in [6.07, 6.45) is 0. The zero-order valence-corrected chi connectivity index (χ0v) is 27.4. The zero-order valence-electron chi connectivity index (χ0n) is 20.2. The van der Waals surface area contributed by atoms with Crippen LogP contribution in [0.25, 0.3) is 0 Å². The summed E-state index contributed by atoms with van der Waals surface area (Å²) in [4.78, 5) is 6.94. The van der Waals surface area contributed by atoms with Gasteiger partial charge in [-0.3, -0.25) is 0 Å². The molecular weight excluding hydrogens is 753 g/mol. The van der Waals surface area contributed by atoms with Gasteiger partial charge in [-0.15, -0.1) is 0 Å². The summed E-state index contributed by atoms with van der Waals surface area (Å²) in [5.74, 6) is 2.87. The number of rotatable bonds is 6. The third kappa shape index (κ3) is 7.16. The van der Waals surface area contributed by atoms with Crippen molar-refractivity contribution in [1.29, 1.82) is 0 Å². The minimum Gasteiger partial charge on any atom is -1.00 e. The molecular formula is C26H24Cl2I2MgN2O4+2. The van der Waals surface area contributed by atoms with Crippen molar-refractivity contribution >= 4 is 58.1 Å². The Hall–Kier alpha value is -0.994. The summed E-state index contributed by atoms with van der Waals surface area (Å²) in [7, 11) is 3.30. The average Bonchev–Trinajstić information content (AvgIpc) is 3.56. The molecule has 0 fully saturated rings. The van der Waals surface area contributed by atoms with E-state index in [4.69, 9.17) is 42.1 Å². The first-order chi connectivity index (χ1) is 16.6. The van der Waals surface area contributed by atoms with Crippen molar-refractivity contribution in [2.75, 3.05) is 27.4 Å². The van der Waals surface area contributed by atoms with Crippen molar-refractivity contribution in [3.63, 3.8) is 0 Å². The molecule has 3 aromatic rings. The van der Waals surface area contributed by atoms with Gasteiger partial charge in [0.25, 0.3) is 0 Å². The van der Waals surface area contributed by atoms with Crippen LogP contribution in [0.5, 0.6) is 11.5 Å². The smallest absolute Gasteiger partial charge is 1.00 e. The standard InChI is InChI=1S/C26H22Cl2N2O4.2HI.Mg/c1-31-17-7-3-15(4-8-17)23-13-33-25(29-23)19-11-21(27)22(28)12-20(19)26-30-24(14-34-26)16-5-9-18(32-2)10-6-16;;;/h3-12,23-24H,13-14H2,1-2H3;2*1H;/q;;;+2/t23-,24-;;;/m0.../s1. The summed E-state index contributed by atoms with van der Waals surface area (Å²) in [6, 6.07) is 19.4. The Bertz CT molecular complexity index is 1180. The van der Waals surface area contributed by atoms with Crippen molar-refractivity contribution < 1.29 is 76.9 Å². The summed E-state index contributed by atoms with van der Waals surface area (Å²) in [5, 5.41) is 0.882. The Balaban J connectivity index is 0.00000160. The summed E-state index contributed by atoms with van der Waals surface area (Å²) < 4.78 is 22.6. The Labute approximate surface area is 276 Å². The number of methoxy groups -OCH3 is 2. The van der Waals surface area contributed by atoms with Gasteiger partial charge in [0.2, 0.25) is 12.1 Å². The van der Waals surface area contributed by atoms with E-state index < -0.39 is 0 Å². The van der Waals surface area contributed by atoms with Crippen molar-refractivity contribution in [2.24, 2.45) is 0 Å². The molecule has 0 aliphatic carbocycles. The van der Waals surface area contributed by atoms with Gasteiger partial charge in [0.05, 0.1) is 24.3 Å². The number of hydrogen-bond donors (Lipinski definition) is 2. The molecule has 0 radical (unpaired) electrons. The minimum absolute atomic E-state index is 0. The second kappa shape index (κ2) is 14.4. The van der Waals surface area contributed by atoms with E-state index in [0.29, 0.717) is 35.1 Å². The van der Waals surface area contributed by atoms with E-state index in [0.717, 1.165) is 33.8 Å². The maximum atomic E-state index is 6.39. The van der Waals surface area contributed by atoms with Crippen LogP contribution in [-0.2, 0) is 9.47 Å². The van der Waals surface area contributed by atoms with E-state index in [-0.39, 0.29) is 83.1 Å². The minimum atomic E-state index is -0.00212. The van der Waals surface area contributed by atoms with Crippen LogP contribution >= 0.6 is 23.2 Å². The van der Waals surface area contributed by atoms with Crippen LogP contribution < -0.4 is 67.4 Å². The maximum absolute atomic E-state index is 6.39. The molecule has 0 saturated heterocycles. The molecule has 2 atom stereocenters. The van der Waals surface area contributed by atoms with Crippen LogP contribution in [0, 0.1) is 0 Å². The molecule has 3 aromatic carbocycles. The first kappa shape index (κ1) is 32.2. The molecule has 190 valence electrons. The number of nitrogens with one attached hydrogen (secondary N) is 2. The van der Waals surface area contributed by atoms with Crippen molar-refractivity contribution in [3.8, 4) is 11.5 Å². The first-order valence-corrected chi connectivity index (χ1v) is 11.6. The monoisotopic (exact) mass is 776 g/mol. The van der Waals surface area contributed by atoms with Gasteiger partial charge in [0.15, 0.2) is 13.2 Å². The predicted octanol–water partition coefficient (Wildman–Crippen LogP) is -4.16. The van der Waals surface area contributed by atoms with Crippen molar-refractivity contribution in [1.82, 2.24) is 0 Å². The molecule has 0 amide bonds. The Morgan fingerprint density at radius 1 is 0.676 bits per heavy atom. The van der Waals surface area contributed by atoms with Gasteiger partial charge in [-0.2, -0.15) is 9.98 Å². The van der Waals surface area contributed by atoms with Gasteiger partial charge < -0.3 is 66.9 Å². The summed E-state index contributed by atoms with van der Waals surface area (Å²) in [6.45, 7) is 0.971. The molecule has 2 aliphatic rings. The predicted molar refractivity (Wildman–Crippen MR) is 136 cm³/mol. The topological polar surface area (TPSA) is 64.9 Å². The van der Waals surface area contributed by atoms with Crippen LogP contribution in [0.4, 0.5) is 0 Å². The molecule has 0 saturated carbocycles. The number of halogens is 4. The Kier molecular flexibility index (Phi) is 12.5. The number of ether oxygens (including phenoxy) is 4. The van der Waals surface area contributed by atoms with Crippen molar-refractivity contribution in [2.45, 2.75) is 12.1 Å². The van der Waals surface area contributed by atoms with Crippen LogP contribution in [0.15, 0.2) is 60.7 Å². The molecule has 37 heavy (non-hydrogen) atoms. The second-order valence-corrected chi connectivity index (χ2v) is 8.85. The Morgan fingerprint density at radius 3 is 1.35 bits per heavy atom. The molecule has 0 bridgehead atoms.